The van der Waals surface area contributed by atoms with Gasteiger partial charge in [0.2, 0.25) is 0 Å². The molecule has 1 aromatic rings. The Morgan fingerprint density at radius 3 is 2.67 bits per heavy atom. The minimum absolute atomic E-state index is 0.127. The van der Waals surface area contributed by atoms with Crippen LogP contribution >= 0.6 is 34.8 Å². The highest BCUT2D eigenvalue weighted by Crippen LogP contribution is 2.39. The van der Waals surface area contributed by atoms with Crippen LogP contribution < -0.4 is 0 Å². The van der Waals surface area contributed by atoms with E-state index in [9.17, 15) is 0 Å². The molecule has 0 saturated carbocycles. The molecule has 0 aromatic heterocycles. The fraction of sp³-hybridized carbons (Fsp3) is 0.467. The average Bonchev–Trinajstić information content (AvgIpc) is 2.20. The van der Waals surface area contributed by atoms with Crippen LogP contribution in [0.25, 0.3) is 0 Å². The lowest BCUT2D eigenvalue weighted by atomic mass is 9.76. The van der Waals surface area contributed by atoms with Crippen molar-refractivity contribution in [1.82, 2.24) is 0 Å². The van der Waals surface area contributed by atoms with Crippen molar-refractivity contribution in [3.8, 4) is 0 Å². The van der Waals surface area contributed by atoms with Gasteiger partial charge in [-0.3, -0.25) is 0 Å². The summed E-state index contributed by atoms with van der Waals surface area (Å²) in [6, 6.07) is 5.61. The predicted molar refractivity (Wildman–Crippen MR) is 80.9 cm³/mol. The third kappa shape index (κ3) is 3.66. The van der Waals surface area contributed by atoms with Gasteiger partial charge in [0.05, 0.1) is 5.38 Å². The van der Waals surface area contributed by atoms with Crippen LogP contribution in [-0.2, 0) is 6.42 Å². The van der Waals surface area contributed by atoms with Gasteiger partial charge in [-0.25, -0.2) is 0 Å². The lowest BCUT2D eigenvalue weighted by Crippen LogP contribution is -2.22. The summed E-state index contributed by atoms with van der Waals surface area (Å²) in [5.41, 5.74) is 2.70. The SMILES string of the molecule is CC1(C)CC(Cc2cc(Cl)ccc2Cl)=CC(Cl)C1. The average molecular weight is 304 g/mol. The number of alkyl halides is 1. The molecule has 1 aromatic carbocycles. The first-order valence-electron chi connectivity index (χ1n) is 6.13. The van der Waals surface area contributed by atoms with Crippen molar-refractivity contribution in [2.75, 3.05) is 0 Å². The molecule has 0 bridgehead atoms. The maximum absolute atomic E-state index is 6.30. The molecule has 18 heavy (non-hydrogen) atoms. The topological polar surface area (TPSA) is 0 Å². The Bertz CT molecular complexity index is 475. The Kier molecular flexibility index (Phi) is 4.31. The van der Waals surface area contributed by atoms with Crippen LogP contribution in [0.2, 0.25) is 10.0 Å². The van der Waals surface area contributed by atoms with E-state index in [0.29, 0.717) is 0 Å². The zero-order chi connectivity index (χ0) is 13.3. The summed E-state index contributed by atoms with van der Waals surface area (Å²) in [6.07, 6.45) is 5.11. The molecule has 0 radical (unpaired) electrons. The molecular formula is C15H17Cl3. The smallest absolute Gasteiger partial charge is 0.0523 e. The normalized spacial score (nSPS) is 22.7. The fourth-order valence-electron chi connectivity index (χ4n) is 2.63. The molecule has 0 fully saturated rings. The minimum atomic E-state index is 0.127. The molecule has 0 N–H and O–H groups in total. The van der Waals surface area contributed by atoms with Crippen molar-refractivity contribution in [3.05, 3.63) is 45.5 Å². The first kappa shape index (κ1) is 14.2. The maximum Gasteiger partial charge on any atom is 0.0523 e. The van der Waals surface area contributed by atoms with Gasteiger partial charge < -0.3 is 0 Å². The fourth-order valence-corrected chi connectivity index (χ4v) is 3.61. The van der Waals surface area contributed by atoms with Gasteiger partial charge in [0.1, 0.15) is 0 Å². The van der Waals surface area contributed by atoms with E-state index in [1.165, 1.54) is 5.57 Å². The summed E-state index contributed by atoms with van der Waals surface area (Å²) in [5.74, 6) is 0. The Morgan fingerprint density at radius 2 is 2.00 bits per heavy atom. The molecule has 1 unspecified atom stereocenters. The lowest BCUT2D eigenvalue weighted by molar-refractivity contribution is 0.320. The van der Waals surface area contributed by atoms with Gasteiger partial charge >= 0.3 is 0 Å². The Balaban J connectivity index is 2.21. The van der Waals surface area contributed by atoms with E-state index in [1.807, 2.05) is 18.2 Å². The summed E-state index contributed by atoms with van der Waals surface area (Å²) in [4.78, 5) is 0. The first-order chi connectivity index (χ1) is 8.35. The number of halogens is 3. The van der Waals surface area contributed by atoms with E-state index in [1.54, 1.807) is 0 Å². The van der Waals surface area contributed by atoms with Crippen LogP contribution in [0.1, 0.15) is 32.3 Å². The zero-order valence-corrected chi connectivity index (χ0v) is 12.9. The van der Waals surface area contributed by atoms with E-state index >= 15 is 0 Å². The van der Waals surface area contributed by atoms with E-state index in [4.69, 9.17) is 34.8 Å². The molecule has 3 heteroatoms. The molecule has 0 heterocycles. The van der Waals surface area contributed by atoms with E-state index in [-0.39, 0.29) is 10.8 Å². The quantitative estimate of drug-likeness (QED) is 0.472. The standard InChI is InChI=1S/C15H17Cl3/c1-15(2)8-10(6-13(17)9-15)5-11-7-12(16)3-4-14(11)18/h3-4,6-7,13H,5,8-9H2,1-2H3. The van der Waals surface area contributed by atoms with Gasteiger partial charge in [0.25, 0.3) is 0 Å². The van der Waals surface area contributed by atoms with Gasteiger partial charge in [-0.2, -0.15) is 0 Å². The second-order valence-electron chi connectivity index (χ2n) is 5.80. The summed E-state index contributed by atoms with van der Waals surface area (Å²) < 4.78 is 0. The number of rotatable bonds is 2. The minimum Gasteiger partial charge on any atom is -0.118 e. The highest BCUT2D eigenvalue weighted by molar-refractivity contribution is 6.33. The molecule has 0 nitrogen and oxygen atoms in total. The molecule has 0 saturated heterocycles. The third-order valence-corrected chi connectivity index (χ3v) is 4.18. The molecule has 0 spiro atoms. The highest BCUT2D eigenvalue weighted by atomic mass is 35.5. The van der Waals surface area contributed by atoms with E-state index < -0.39 is 0 Å². The Hall–Kier alpha value is -0.170. The lowest BCUT2D eigenvalue weighted by Gasteiger charge is -2.32. The van der Waals surface area contributed by atoms with Crippen molar-refractivity contribution in [2.45, 2.75) is 38.5 Å². The third-order valence-electron chi connectivity index (χ3n) is 3.30. The zero-order valence-electron chi connectivity index (χ0n) is 10.6. The van der Waals surface area contributed by atoms with Crippen molar-refractivity contribution in [2.24, 2.45) is 5.41 Å². The molecule has 98 valence electrons. The molecule has 0 amide bonds. The summed E-state index contributed by atoms with van der Waals surface area (Å²) in [5, 5.41) is 1.63. The molecule has 1 atom stereocenters. The van der Waals surface area contributed by atoms with Gasteiger partial charge in [0.15, 0.2) is 0 Å². The van der Waals surface area contributed by atoms with Crippen molar-refractivity contribution in [1.29, 1.82) is 0 Å². The van der Waals surface area contributed by atoms with Crippen LogP contribution in [0, 0.1) is 5.41 Å². The van der Waals surface area contributed by atoms with E-state index in [2.05, 4.69) is 19.9 Å². The summed E-state index contributed by atoms with van der Waals surface area (Å²) in [7, 11) is 0. The Labute approximate surface area is 124 Å². The van der Waals surface area contributed by atoms with Crippen molar-refractivity contribution >= 4 is 34.8 Å². The molecule has 1 aliphatic carbocycles. The van der Waals surface area contributed by atoms with Crippen LogP contribution in [0.3, 0.4) is 0 Å². The van der Waals surface area contributed by atoms with Gasteiger partial charge in [0, 0.05) is 10.0 Å². The molecular weight excluding hydrogens is 287 g/mol. The van der Waals surface area contributed by atoms with Crippen LogP contribution in [0.15, 0.2) is 29.8 Å². The van der Waals surface area contributed by atoms with Gasteiger partial charge in [-0.1, -0.05) is 48.7 Å². The van der Waals surface area contributed by atoms with Crippen LogP contribution in [0.5, 0.6) is 0 Å². The van der Waals surface area contributed by atoms with Crippen molar-refractivity contribution in [3.63, 3.8) is 0 Å². The second-order valence-corrected chi connectivity index (χ2v) is 7.20. The number of hydrogen-bond acceptors (Lipinski definition) is 0. The van der Waals surface area contributed by atoms with E-state index in [0.717, 1.165) is 34.9 Å². The molecule has 2 rings (SSSR count). The van der Waals surface area contributed by atoms with Crippen molar-refractivity contribution < 1.29 is 0 Å². The summed E-state index contributed by atoms with van der Waals surface area (Å²) >= 11 is 18.5. The Morgan fingerprint density at radius 1 is 1.28 bits per heavy atom. The number of allylic oxidation sites excluding steroid dienone is 2. The van der Waals surface area contributed by atoms with Crippen LogP contribution in [0.4, 0.5) is 0 Å². The molecule has 0 aliphatic heterocycles. The number of benzene rings is 1. The monoisotopic (exact) mass is 302 g/mol. The van der Waals surface area contributed by atoms with Gasteiger partial charge in [-0.15, -0.1) is 11.6 Å². The van der Waals surface area contributed by atoms with Crippen LogP contribution in [-0.4, -0.2) is 5.38 Å². The second kappa shape index (κ2) is 5.45. The first-order valence-corrected chi connectivity index (χ1v) is 7.32. The number of hydrogen-bond donors (Lipinski definition) is 0. The largest absolute Gasteiger partial charge is 0.118 e. The molecule has 1 aliphatic rings. The predicted octanol–water partition coefficient (Wildman–Crippen LogP) is 5.89. The summed E-state index contributed by atoms with van der Waals surface area (Å²) in [6.45, 7) is 4.52. The van der Waals surface area contributed by atoms with Gasteiger partial charge in [-0.05, 0) is 48.4 Å². The maximum atomic E-state index is 6.30. The highest BCUT2D eigenvalue weighted by Gasteiger charge is 2.27.